The van der Waals surface area contributed by atoms with Gasteiger partial charge >= 0.3 is 0 Å². The molecule has 0 amide bonds. The van der Waals surface area contributed by atoms with Crippen molar-refractivity contribution in [1.82, 2.24) is 10.2 Å². The van der Waals surface area contributed by atoms with Crippen molar-refractivity contribution in [3.8, 4) is 11.5 Å². The van der Waals surface area contributed by atoms with Crippen LogP contribution in [0.25, 0.3) is 0 Å². The summed E-state index contributed by atoms with van der Waals surface area (Å²) in [5.74, 6) is -0.106. The summed E-state index contributed by atoms with van der Waals surface area (Å²) < 4.78 is 0. The van der Waals surface area contributed by atoms with Gasteiger partial charge < -0.3 is 20.4 Å². The average Bonchev–Trinajstić information content (AvgIpc) is 2.29. The van der Waals surface area contributed by atoms with E-state index in [-0.39, 0.29) is 22.6 Å². The molecule has 3 rings (SSSR count). The SMILES string of the molecule is CC1(C)CC2(C)c3cc(O)c(O)cc3CCN2C(=S)N1. The number of benzene rings is 1. The van der Waals surface area contributed by atoms with Gasteiger partial charge in [-0.2, -0.15) is 0 Å². The lowest BCUT2D eigenvalue weighted by Crippen LogP contribution is -2.66. The van der Waals surface area contributed by atoms with Gasteiger partial charge in [0.05, 0.1) is 5.54 Å². The Bertz CT molecular complexity index is 600. The smallest absolute Gasteiger partial charge is 0.170 e. The van der Waals surface area contributed by atoms with Crippen molar-refractivity contribution < 1.29 is 10.2 Å². The van der Waals surface area contributed by atoms with E-state index in [1.165, 1.54) is 0 Å². The van der Waals surface area contributed by atoms with Gasteiger partial charge in [0.1, 0.15) is 0 Å². The zero-order valence-electron chi connectivity index (χ0n) is 12.0. The number of nitrogens with one attached hydrogen (secondary N) is 1. The number of nitrogens with zero attached hydrogens (tertiary/aromatic N) is 1. The van der Waals surface area contributed by atoms with E-state index in [2.05, 4.69) is 31.0 Å². The van der Waals surface area contributed by atoms with E-state index in [0.717, 1.165) is 35.6 Å². The zero-order chi connectivity index (χ0) is 14.7. The average molecular weight is 292 g/mol. The highest BCUT2D eigenvalue weighted by Gasteiger charge is 2.48. The standard InChI is InChI=1S/C15H20N2O2S/c1-14(2)8-15(3)10-7-12(19)11(18)6-9(10)4-5-17(15)13(20)16-14/h6-7,18-19H,4-5,8H2,1-3H3,(H,16,20). The molecule has 2 aliphatic heterocycles. The van der Waals surface area contributed by atoms with E-state index in [0.29, 0.717) is 0 Å². The van der Waals surface area contributed by atoms with Crippen molar-refractivity contribution >= 4 is 17.3 Å². The lowest BCUT2D eigenvalue weighted by molar-refractivity contribution is 0.0970. The molecule has 20 heavy (non-hydrogen) atoms. The quantitative estimate of drug-likeness (QED) is 0.506. The normalized spacial score (nSPS) is 27.6. The van der Waals surface area contributed by atoms with Crippen LogP contribution < -0.4 is 5.32 Å². The summed E-state index contributed by atoms with van der Waals surface area (Å²) in [4.78, 5) is 2.20. The van der Waals surface area contributed by atoms with E-state index < -0.39 is 0 Å². The van der Waals surface area contributed by atoms with Crippen LogP contribution in [0, 0.1) is 0 Å². The molecule has 1 atom stereocenters. The van der Waals surface area contributed by atoms with Crippen LogP contribution in [0.2, 0.25) is 0 Å². The van der Waals surface area contributed by atoms with E-state index >= 15 is 0 Å². The van der Waals surface area contributed by atoms with Crippen molar-refractivity contribution in [3.05, 3.63) is 23.3 Å². The minimum absolute atomic E-state index is 0.0448. The first-order valence-corrected chi connectivity index (χ1v) is 7.29. The van der Waals surface area contributed by atoms with Gasteiger partial charge in [0.25, 0.3) is 0 Å². The molecule has 1 saturated heterocycles. The Morgan fingerprint density at radius 1 is 1.20 bits per heavy atom. The van der Waals surface area contributed by atoms with Crippen molar-refractivity contribution in [2.24, 2.45) is 0 Å². The molecule has 0 aliphatic carbocycles. The molecule has 2 aliphatic rings. The first-order chi connectivity index (χ1) is 9.23. The molecule has 0 aromatic heterocycles. The Morgan fingerprint density at radius 3 is 2.55 bits per heavy atom. The molecular formula is C15H20N2O2S. The molecular weight excluding hydrogens is 272 g/mol. The van der Waals surface area contributed by atoms with Gasteiger partial charge in [-0.3, -0.25) is 0 Å². The molecule has 1 aromatic carbocycles. The molecule has 108 valence electrons. The third-order valence-electron chi connectivity index (χ3n) is 4.46. The molecule has 4 nitrogen and oxygen atoms in total. The van der Waals surface area contributed by atoms with Gasteiger partial charge in [-0.1, -0.05) is 0 Å². The Morgan fingerprint density at radius 2 is 1.85 bits per heavy atom. The van der Waals surface area contributed by atoms with E-state index in [9.17, 15) is 10.2 Å². The number of hydrogen-bond acceptors (Lipinski definition) is 3. The summed E-state index contributed by atoms with van der Waals surface area (Å²) in [6.45, 7) is 7.26. The second kappa shape index (κ2) is 4.01. The molecule has 0 saturated carbocycles. The summed E-state index contributed by atoms with van der Waals surface area (Å²) in [6, 6.07) is 3.38. The fourth-order valence-corrected chi connectivity index (χ4v) is 4.30. The topological polar surface area (TPSA) is 55.7 Å². The Labute approximate surface area is 124 Å². The molecule has 3 N–H and O–H groups in total. The molecule has 0 spiro atoms. The molecule has 1 aromatic rings. The van der Waals surface area contributed by atoms with Gasteiger partial charge in [0, 0.05) is 12.1 Å². The molecule has 1 unspecified atom stereocenters. The minimum atomic E-state index is -0.245. The number of hydrogen-bond donors (Lipinski definition) is 3. The monoisotopic (exact) mass is 292 g/mol. The van der Waals surface area contributed by atoms with Crippen LogP contribution in [0.3, 0.4) is 0 Å². The highest BCUT2D eigenvalue weighted by Crippen LogP contribution is 2.46. The van der Waals surface area contributed by atoms with Gasteiger partial charge in [-0.05, 0) is 69.1 Å². The Kier molecular flexibility index (Phi) is 2.70. The number of phenols is 2. The van der Waals surface area contributed by atoms with Crippen LogP contribution >= 0.6 is 12.2 Å². The van der Waals surface area contributed by atoms with Crippen LogP contribution in [0.4, 0.5) is 0 Å². The van der Waals surface area contributed by atoms with Gasteiger partial charge in [0.2, 0.25) is 0 Å². The lowest BCUT2D eigenvalue weighted by Gasteiger charge is -2.55. The fourth-order valence-electron chi connectivity index (χ4n) is 3.73. The lowest BCUT2D eigenvalue weighted by atomic mass is 9.73. The number of thiocarbonyl (C=S) groups is 1. The van der Waals surface area contributed by atoms with E-state index in [1.54, 1.807) is 12.1 Å². The summed E-state index contributed by atoms with van der Waals surface area (Å²) in [7, 11) is 0. The number of aromatic hydroxyl groups is 2. The maximum atomic E-state index is 9.86. The van der Waals surface area contributed by atoms with Crippen molar-refractivity contribution in [2.45, 2.75) is 44.7 Å². The van der Waals surface area contributed by atoms with E-state index in [4.69, 9.17) is 12.2 Å². The van der Waals surface area contributed by atoms with Crippen LogP contribution in [-0.2, 0) is 12.0 Å². The third-order valence-corrected chi connectivity index (χ3v) is 4.78. The summed E-state index contributed by atoms with van der Waals surface area (Å²) in [6.07, 6.45) is 1.71. The fraction of sp³-hybridized carbons (Fsp3) is 0.533. The van der Waals surface area contributed by atoms with E-state index in [1.807, 2.05) is 0 Å². The largest absolute Gasteiger partial charge is 0.504 e. The van der Waals surface area contributed by atoms with Gasteiger partial charge in [0.15, 0.2) is 16.6 Å². The van der Waals surface area contributed by atoms with Crippen LogP contribution in [-0.4, -0.2) is 32.3 Å². The van der Waals surface area contributed by atoms with Crippen molar-refractivity contribution in [2.75, 3.05) is 6.54 Å². The van der Waals surface area contributed by atoms with Crippen molar-refractivity contribution in [3.63, 3.8) is 0 Å². The third kappa shape index (κ3) is 1.84. The maximum absolute atomic E-state index is 9.86. The molecule has 1 fully saturated rings. The second-order valence-corrected chi connectivity index (χ2v) is 7.05. The first-order valence-electron chi connectivity index (χ1n) is 6.88. The van der Waals surface area contributed by atoms with Crippen LogP contribution in [0.1, 0.15) is 38.3 Å². The van der Waals surface area contributed by atoms with Gasteiger partial charge in [-0.25, -0.2) is 0 Å². The number of fused-ring (bicyclic) bond motifs is 3. The van der Waals surface area contributed by atoms with Crippen LogP contribution in [0.15, 0.2) is 12.1 Å². The predicted octanol–water partition coefficient (Wildman–Crippen LogP) is 2.23. The first kappa shape index (κ1) is 13.5. The molecule has 2 heterocycles. The van der Waals surface area contributed by atoms with Gasteiger partial charge in [-0.15, -0.1) is 0 Å². The Hall–Kier alpha value is -1.49. The Balaban J connectivity index is 2.17. The molecule has 0 radical (unpaired) electrons. The summed E-state index contributed by atoms with van der Waals surface area (Å²) in [5, 5.41) is 23.7. The zero-order valence-corrected chi connectivity index (χ0v) is 12.8. The predicted molar refractivity (Wildman–Crippen MR) is 82.0 cm³/mol. The number of phenolic OH excluding ortho intramolecular Hbond substituents is 2. The molecule has 5 heteroatoms. The summed E-state index contributed by atoms with van der Waals surface area (Å²) >= 11 is 5.51. The second-order valence-electron chi connectivity index (χ2n) is 6.66. The molecule has 0 bridgehead atoms. The highest BCUT2D eigenvalue weighted by molar-refractivity contribution is 7.80. The van der Waals surface area contributed by atoms with Crippen molar-refractivity contribution in [1.29, 1.82) is 0 Å². The minimum Gasteiger partial charge on any atom is -0.504 e. The van der Waals surface area contributed by atoms with Crippen LogP contribution in [0.5, 0.6) is 11.5 Å². The summed E-state index contributed by atoms with van der Waals surface area (Å²) in [5.41, 5.74) is 1.82. The number of rotatable bonds is 0. The highest BCUT2D eigenvalue weighted by atomic mass is 32.1. The maximum Gasteiger partial charge on any atom is 0.170 e.